The van der Waals surface area contributed by atoms with E-state index >= 15 is 0 Å². The number of carbonyl (C=O) groups is 1. The number of nitrogens with zero attached hydrogens (tertiary/aromatic N) is 1. The molecule has 0 radical (unpaired) electrons. The number of hydrogen-bond donors (Lipinski definition) is 1. The van der Waals surface area contributed by atoms with Crippen LogP contribution in [0.15, 0.2) is 41.8 Å². The zero-order valence-electron chi connectivity index (χ0n) is 10.1. The number of nitriles is 1. The van der Waals surface area contributed by atoms with Gasteiger partial charge >= 0.3 is 0 Å². The number of nitrogens with one attached hydrogen (secondary N) is 1. The lowest BCUT2D eigenvalue weighted by Crippen LogP contribution is -2.14. The van der Waals surface area contributed by atoms with Crippen LogP contribution in [0, 0.1) is 11.3 Å². The molecule has 0 bridgehead atoms. The SMILES string of the molecule is N#Cc1cccc(NC(=O)CSCc2cccs2)c1. The summed E-state index contributed by atoms with van der Waals surface area (Å²) >= 11 is 3.28. The Bertz CT molecular complexity index is 588. The van der Waals surface area contributed by atoms with E-state index in [1.807, 2.05) is 17.5 Å². The van der Waals surface area contributed by atoms with Gasteiger partial charge in [-0.2, -0.15) is 5.26 Å². The molecular weight excluding hydrogens is 276 g/mol. The molecule has 1 N–H and O–H groups in total. The maximum absolute atomic E-state index is 11.7. The topological polar surface area (TPSA) is 52.9 Å². The van der Waals surface area contributed by atoms with Gasteiger partial charge in [-0.1, -0.05) is 12.1 Å². The summed E-state index contributed by atoms with van der Waals surface area (Å²) in [6.07, 6.45) is 0. The second-order valence-corrected chi connectivity index (χ2v) is 5.83. The molecule has 5 heteroatoms. The van der Waals surface area contributed by atoms with Gasteiger partial charge in [0.05, 0.1) is 17.4 Å². The Morgan fingerprint density at radius 3 is 3.00 bits per heavy atom. The van der Waals surface area contributed by atoms with Crippen LogP contribution < -0.4 is 5.32 Å². The van der Waals surface area contributed by atoms with Crippen molar-refractivity contribution < 1.29 is 4.79 Å². The molecule has 0 fully saturated rings. The summed E-state index contributed by atoms with van der Waals surface area (Å²) in [6.45, 7) is 0. The summed E-state index contributed by atoms with van der Waals surface area (Å²) < 4.78 is 0. The number of rotatable bonds is 5. The average molecular weight is 288 g/mol. The van der Waals surface area contributed by atoms with E-state index in [0.717, 1.165) is 5.75 Å². The molecule has 1 aromatic carbocycles. The first kappa shape index (κ1) is 13.7. The quantitative estimate of drug-likeness (QED) is 0.916. The zero-order chi connectivity index (χ0) is 13.5. The number of thiophene rings is 1. The third-order valence-electron chi connectivity index (χ3n) is 2.33. The highest BCUT2D eigenvalue weighted by atomic mass is 32.2. The molecule has 0 atom stereocenters. The lowest BCUT2D eigenvalue weighted by molar-refractivity contribution is -0.113. The Morgan fingerprint density at radius 1 is 1.37 bits per heavy atom. The van der Waals surface area contributed by atoms with Gasteiger partial charge in [0.1, 0.15) is 0 Å². The van der Waals surface area contributed by atoms with Crippen LogP contribution in [0.2, 0.25) is 0 Å². The molecule has 0 saturated heterocycles. The van der Waals surface area contributed by atoms with Gasteiger partial charge in [-0.05, 0) is 29.6 Å². The van der Waals surface area contributed by atoms with E-state index in [2.05, 4.69) is 11.4 Å². The number of benzene rings is 1. The second-order valence-electron chi connectivity index (χ2n) is 3.81. The summed E-state index contributed by atoms with van der Waals surface area (Å²) in [5.74, 6) is 1.22. The number of hydrogen-bond acceptors (Lipinski definition) is 4. The van der Waals surface area contributed by atoms with Gasteiger partial charge < -0.3 is 5.32 Å². The van der Waals surface area contributed by atoms with Crippen LogP contribution in [0.5, 0.6) is 0 Å². The zero-order valence-corrected chi connectivity index (χ0v) is 11.8. The molecule has 0 saturated carbocycles. The largest absolute Gasteiger partial charge is 0.325 e. The first-order valence-corrected chi connectivity index (χ1v) is 7.71. The molecule has 0 unspecified atom stereocenters. The van der Waals surface area contributed by atoms with Crippen molar-refractivity contribution in [1.82, 2.24) is 0 Å². The van der Waals surface area contributed by atoms with Crippen LogP contribution in [-0.4, -0.2) is 11.7 Å². The van der Waals surface area contributed by atoms with Gasteiger partial charge in [0.15, 0.2) is 0 Å². The van der Waals surface area contributed by atoms with E-state index < -0.39 is 0 Å². The van der Waals surface area contributed by atoms with Crippen molar-refractivity contribution in [2.24, 2.45) is 0 Å². The fourth-order valence-corrected chi connectivity index (χ4v) is 3.17. The number of amides is 1. The molecule has 0 spiro atoms. The minimum atomic E-state index is -0.0448. The molecule has 2 rings (SSSR count). The van der Waals surface area contributed by atoms with E-state index in [-0.39, 0.29) is 5.91 Å². The maximum Gasteiger partial charge on any atom is 0.234 e. The molecule has 19 heavy (non-hydrogen) atoms. The van der Waals surface area contributed by atoms with Crippen LogP contribution >= 0.6 is 23.1 Å². The normalized spacial score (nSPS) is 9.84. The van der Waals surface area contributed by atoms with Crippen molar-refractivity contribution >= 4 is 34.7 Å². The Morgan fingerprint density at radius 2 is 2.26 bits per heavy atom. The molecule has 0 aliphatic carbocycles. The highest BCUT2D eigenvalue weighted by molar-refractivity contribution is 7.99. The van der Waals surface area contributed by atoms with E-state index in [4.69, 9.17) is 5.26 Å². The fourth-order valence-electron chi connectivity index (χ4n) is 1.50. The van der Waals surface area contributed by atoms with Crippen molar-refractivity contribution in [2.45, 2.75) is 5.75 Å². The number of thioether (sulfide) groups is 1. The molecule has 2 aromatic rings. The predicted octanol–water partition coefficient (Wildman–Crippen LogP) is 3.49. The fraction of sp³-hybridized carbons (Fsp3) is 0.143. The van der Waals surface area contributed by atoms with Gasteiger partial charge in [0.25, 0.3) is 0 Å². The summed E-state index contributed by atoms with van der Waals surface area (Å²) in [7, 11) is 0. The average Bonchev–Trinajstić information content (AvgIpc) is 2.92. The van der Waals surface area contributed by atoms with Crippen molar-refractivity contribution in [3.63, 3.8) is 0 Å². The molecule has 0 aliphatic heterocycles. The molecule has 3 nitrogen and oxygen atoms in total. The monoisotopic (exact) mass is 288 g/mol. The van der Waals surface area contributed by atoms with Crippen molar-refractivity contribution in [2.75, 3.05) is 11.1 Å². The Hall–Kier alpha value is -1.77. The third-order valence-corrected chi connectivity index (χ3v) is 4.37. The number of carbonyl (C=O) groups excluding carboxylic acids is 1. The lowest BCUT2D eigenvalue weighted by Gasteiger charge is -2.04. The van der Waals surface area contributed by atoms with E-state index in [1.54, 1.807) is 47.4 Å². The molecule has 96 valence electrons. The molecule has 1 heterocycles. The highest BCUT2D eigenvalue weighted by Gasteiger charge is 2.04. The van der Waals surface area contributed by atoms with Gasteiger partial charge in [-0.15, -0.1) is 23.1 Å². The van der Waals surface area contributed by atoms with Crippen LogP contribution in [0.1, 0.15) is 10.4 Å². The standard InChI is InChI=1S/C14H12N2OS2/c15-8-11-3-1-4-12(7-11)16-14(17)10-18-9-13-5-2-6-19-13/h1-7H,9-10H2,(H,16,17). The third kappa shape index (κ3) is 4.43. The minimum Gasteiger partial charge on any atom is -0.325 e. The summed E-state index contributed by atoms with van der Waals surface area (Å²) in [5.41, 5.74) is 1.21. The van der Waals surface area contributed by atoms with E-state index in [9.17, 15) is 4.79 Å². The van der Waals surface area contributed by atoms with Gasteiger partial charge in [-0.25, -0.2) is 0 Å². The van der Waals surface area contributed by atoms with Gasteiger partial charge in [0, 0.05) is 16.3 Å². The molecule has 1 amide bonds. The van der Waals surface area contributed by atoms with Gasteiger partial charge in [0.2, 0.25) is 5.91 Å². The highest BCUT2D eigenvalue weighted by Crippen LogP contribution is 2.17. The van der Waals surface area contributed by atoms with Crippen molar-refractivity contribution in [3.05, 3.63) is 52.2 Å². The first-order valence-electron chi connectivity index (χ1n) is 5.68. The maximum atomic E-state index is 11.7. The van der Waals surface area contributed by atoms with Crippen LogP contribution in [0.3, 0.4) is 0 Å². The van der Waals surface area contributed by atoms with Crippen LogP contribution in [0.4, 0.5) is 5.69 Å². The summed E-state index contributed by atoms with van der Waals surface area (Å²) in [5, 5.41) is 13.6. The lowest BCUT2D eigenvalue weighted by atomic mass is 10.2. The second kappa shape index (κ2) is 6.98. The Labute approximate surface area is 120 Å². The Balaban J connectivity index is 1.79. The number of anilines is 1. The summed E-state index contributed by atoms with van der Waals surface area (Å²) in [6, 6.07) is 13.0. The molecular formula is C14H12N2OS2. The van der Waals surface area contributed by atoms with Gasteiger partial charge in [-0.3, -0.25) is 4.79 Å². The van der Waals surface area contributed by atoms with Crippen LogP contribution in [0.25, 0.3) is 0 Å². The summed E-state index contributed by atoms with van der Waals surface area (Å²) in [4.78, 5) is 13.0. The predicted molar refractivity (Wildman–Crippen MR) is 80.3 cm³/mol. The Kier molecular flexibility index (Phi) is 5.01. The molecule has 0 aliphatic rings. The van der Waals surface area contributed by atoms with Crippen molar-refractivity contribution in [3.8, 4) is 6.07 Å². The smallest absolute Gasteiger partial charge is 0.234 e. The van der Waals surface area contributed by atoms with Crippen LogP contribution in [-0.2, 0) is 10.5 Å². The van der Waals surface area contributed by atoms with E-state index in [1.165, 1.54) is 4.88 Å². The molecule has 1 aromatic heterocycles. The first-order chi connectivity index (χ1) is 9.28. The van der Waals surface area contributed by atoms with Crippen molar-refractivity contribution in [1.29, 1.82) is 5.26 Å². The minimum absolute atomic E-state index is 0.0448. The van der Waals surface area contributed by atoms with E-state index in [0.29, 0.717) is 17.0 Å².